The number of pyridine rings is 1. The van der Waals surface area contributed by atoms with Crippen molar-refractivity contribution in [3.8, 4) is 5.88 Å². The Morgan fingerprint density at radius 1 is 1.43 bits per heavy atom. The zero-order valence-electron chi connectivity index (χ0n) is 7.30. The van der Waals surface area contributed by atoms with Crippen LogP contribution in [0.3, 0.4) is 0 Å². The average molecular weight is 211 g/mol. The number of aromatic nitrogens is 2. The number of nitrogens with zero attached hydrogens (tertiary/aromatic N) is 2. The van der Waals surface area contributed by atoms with Crippen LogP contribution in [0, 0.1) is 0 Å². The first-order chi connectivity index (χ1) is 6.79. The first-order valence-corrected chi connectivity index (χ1v) is 4.88. The molecule has 0 unspecified atom stereocenters. The molecule has 2 rings (SSSR count). The number of aliphatic hydroxyl groups excluding tert-OH is 1. The molecule has 2 heterocycles. The quantitative estimate of drug-likeness (QED) is 0.778. The molecule has 0 spiro atoms. The van der Waals surface area contributed by atoms with Crippen LogP contribution in [0.2, 0.25) is 0 Å². The molecule has 0 aromatic carbocycles. The van der Waals surface area contributed by atoms with Gasteiger partial charge in [-0.05, 0) is 6.07 Å². The van der Waals surface area contributed by atoms with Crippen LogP contribution in [0.1, 0.15) is 0 Å². The lowest BCUT2D eigenvalue weighted by atomic mass is 10.4. The van der Waals surface area contributed by atoms with Crippen molar-refractivity contribution in [2.24, 2.45) is 0 Å². The Morgan fingerprint density at radius 3 is 3.07 bits per heavy atom. The lowest BCUT2D eigenvalue weighted by Gasteiger charge is -2.01. The highest BCUT2D eigenvalue weighted by atomic mass is 32.1. The molecule has 0 saturated heterocycles. The van der Waals surface area contributed by atoms with E-state index in [2.05, 4.69) is 9.97 Å². The zero-order chi connectivity index (χ0) is 9.97. The molecular formula is C8H9N3O2S. The molecule has 0 aliphatic carbocycles. The van der Waals surface area contributed by atoms with Crippen molar-refractivity contribution in [3.05, 3.63) is 12.1 Å². The second-order valence-electron chi connectivity index (χ2n) is 2.60. The molecule has 14 heavy (non-hydrogen) atoms. The van der Waals surface area contributed by atoms with E-state index in [1.165, 1.54) is 11.3 Å². The maximum absolute atomic E-state index is 8.56. The van der Waals surface area contributed by atoms with Crippen LogP contribution in [-0.4, -0.2) is 28.3 Å². The number of nitrogens with two attached hydrogens (primary N) is 1. The summed E-state index contributed by atoms with van der Waals surface area (Å²) in [6.45, 7) is 0.220. The van der Waals surface area contributed by atoms with Gasteiger partial charge in [-0.25, -0.2) is 9.97 Å². The predicted molar refractivity (Wildman–Crippen MR) is 54.4 cm³/mol. The maximum atomic E-state index is 8.56. The Bertz CT molecular complexity index is 443. The number of rotatable bonds is 3. The maximum Gasteiger partial charge on any atom is 0.214 e. The molecule has 6 heteroatoms. The number of aliphatic hydroxyl groups is 1. The van der Waals surface area contributed by atoms with E-state index < -0.39 is 0 Å². The number of thiazole rings is 1. The molecule has 2 aromatic rings. The standard InChI is InChI=1S/C8H9N3O2S/c9-8-10-5-1-2-6(13-4-3-12)11-7(5)14-8/h1-2,12H,3-4H2,(H2,9,10). The lowest BCUT2D eigenvalue weighted by molar-refractivity contribution is 0.197. The third kappa shape index (κ3) is 1.75. The smallest absolute Gasteiger partial charge is 0.214 e. The third-order valence-electron chi connectivity index (χ3n) is 1.59. The van der Waals surface area contributed by atoms with Crippen LogP contribution in [-0.2, 0) is 0 Å². The summed E-state index contributed by atoms with van der Waals surface area (Å²) >= 11 is 1.31. The summed E-state index contributed by atoms with van der Waals surface area (Å²) < 4.78 is 5.15. The Labute approximate surface area is 84.2 Å². The fourth-order valence-electron chi connectivity index (χ4n) is 1.05. The summed E-state index contributed by atoms with van der Waals surface area (Å²) in [5, 5.41) is 9.05. The topological polar surface area (TPSA) is 81.3 Å². The summed E-state index contributed by atoms with van der Waals surface area (Å²) in [6.07, 6.45) is 0. The zero-order valence-corrected chi connectivity index (χ0v) is 8.12. The van der Waals surface area contributed by atoms with E-state index in [1.54, 1.807) is 12.1 Å². The highest BCUT2D eigenvalue weighted by Crippen LogP contribution is 2.23. The normalized spacial score (nSPS) is 10.6. The lowest BCUT2D eigenvalue weighted by Crippen LogP contribution is -2.02. The Morgan fingerprint density at radius 2 is 2.29 bits per heavy atom. The largest absolute Gasteiger partial charge is 0.475 e. The molecule has 0 saturated carbocycles. The van der Waals surface area contributed by atoms with Crippen LogP contribution in [0.5, 0.6) is 5.88 Å². The molecule has 0 aliphatic heterocycles. The molecule has 0 amide bonds. The minimum absolute atomic E-state index is 0.0233. The summed E-state index contributed by atoms with van der Waals surface area (Å²) in [7, 11) is 0. The van der Waals surface area contributed by atoms with Crippen molar-refractivity contribution >= 4 is 26.8 Å². The number of hydrogen-bond acceptors (Lipinski definition) is 6. The summed E-state index contributed by atoms with van der Waals surface area (Å²) in [4.78, 5) is 8.99. The first-order valence-electron chi connectivity index (χ1n) is 4.06. The van der Waals surface area contributed by atoms with Gasteiger partial charge < -0.3 is 15.6 Å². The Kier molecular flexibility index (Phi) is 2.47. The fraction of sp³-hybridized carbons (Fsp3) is 0.250. The monoisotopic (exact) mass is 211 g/mol. The van der Waals surface area contributed by atoms with E-state index >= 15 is 0 Å². The van der Waals surface area contributed by atoms with E-state index in [0.29, 0.717) is 11.0 Å². The summed E-state index contributed by atoms with van der Waals surface area (Å²) in [5.74, 6) is 0.482. The number of hydrogen-bond donors (Lipinski definition) is 2. The minimum atomic E-state index is -0.0233. The van der Waals surface area contributed by atoms with Gasteiger partial charge in [-0.1, -0.05) is 11.3 Å². The van der Waals surface area contributed by atoms with Crippen molar-refractivity contribution in [1.82, 2.24) is 9.97 Å². The minimum Gasteiger partial charge on any atom is -0.475 e. The molecule has 0 bridgehead atoms. The summed E-state index contributed by atoms with van der Waals surface area (Å²) in [5.41, 5.74) is 6.29. The number of ether oxygens (including phenoxy) is 1. The molecule has 0 fully saturated rings. The number of fused-ring (bicyclic) bond motifs is 1. The van der Waals surface area contributed by atoms with Crippen molar-refractivity contribution in [2.75, 3.05) is 18.9 Å². The second-order valence-corrected chi connectivity index (χ2v) is 3.61. The van der Waals surface area contributed by atoms with Gasteiger partial charge in [0.25, 0.3) is 0 Å². The van der Waals surface area contributed by atoms with Gasteiger partial charge in [0.2, 0.25) is 5.88 Å². The van der Waals surface area contributed by atoms with Crippen LogP contribution >= 0.6 is 11.3 Å². The van der Waals surface area contributed by atoms with Crippen LogP contribution in [0.15, 0.2) is 12.1 Å². The van der Waals surface area contributed by atoms with Crippen LogP contribution < -0.4 is 10.5 Å². The van der Waals surface area contributed by atoms with E-state index in [1.807, 2.05) is 0 Å². The van der Waals surface area contributed by atoms with Gasteiger partial charge in [0.1, 0.15) is 17.0 Å². The van der Waals surface area contributed by atoms with E-state index in [0.717, 1.165) is 10.3 Å². The van der Waals surface area contributed by atoms with Crippen molar-refractivity contribution < 1.29 is 9.84 Å². The fourth-order valence-corrected chi connectivity index (χ4v) is 1.74. The first kappa shape index (κ1) is 9.17. The molecule has 0 atom stereocenters. The summed E-state index contributed by atoms with van der Waals surface area (Å²) in [6, 6.07) is 3.50. The average Bonchev–Trinajstić information content (AvgIpc) is 2.54. The van der Waals surface area contributed by atoms with Gasteiger partial charge >= 0.3 is 0 Å². The van der Waals surface area contributed by atoms with E-state index in [9.17, 15) is 0 Å². The molecular weight excluding hydrogens is 202 g/mol. The number of anilines is 1. The van der Waals surface area contributed by atoms with Gasteiger partial charge in [-0.3, -0.25) is 0 Å². The SMILES string of the molecule is Nc1nc2ccc(OCCO)nc2s1. The highest BCUT2D eigenvalue weighted by molar-refractivity contribution is 7.21. The predicted octanol–water partition coefficient (Wildman–Crippen LogP) is 0.645. The van der Waals surface area contributed by atoms with E-state index in [4.69, 9.17) is 15.6 Å². The Hall–Kier alpha value is -1.40. The second kappa shape index (κ2) is 3.77. The number of nitrogen functional groups attached to an aromatic ring is 1. The highest BCUT2D eigenvalue weighted by Gasteiger charge is 2.03. The van der Waals surface area contributed by atoms with Gasteiger partial charge in [0.15, 0.2) is 5.13 Å². The van der Waals surface area contributed by atoms with Gasteiger partial charge in [0, 0.05) is 6.07 Å². The van der Waals surface area contributed by atoms with Gasteiger partial charge in [0.05, 0.1) is 6.61 Å². The molecule has 5 nitrogen and oxygen atoms in total. The molecule has 2 aromatic heterocycles. The molecule has 0 radical (unpaired) electrons. The Balaban J connectivity index is 2.31. The molecule has 0 aliphatic rings. The van der Waals surface area contributed by atoms with Crippen molar-refractivity contribution in [2.45, 2.75) is 0 Å². The van der Waals surface area contributed by atoms with Crippen molar-refractivity contribution in [3.63, 3.8) is 0 Å². The third-order valence-corrected chi connectivity index (χ3v) is 2.38. The molecule has 3 N–H and O–H groups in total. The van der Waals surface area contributed by atoms with Gasteiger partial charge in [-0.15, -0.1) is 0 Å². The van der Waals surface area contributed by atoms with Crippen molar-refractivity contribution in [1.29, 1.82) is 0 Å². The van der Waals surface area contributed by atoms with Crippen LogP contribution in [0.4, 0.5) is 5.13 Å². The van der Waals surface area contributed by atoms with Gasteiger partial charge in [-0.2, -0.15) is 0 Å². The molecule has 74 valence electrons. The van der Waals surface area contributed by atoms with E-state index in [-0.39, 0.29) is 13.2 Å². The van der Waals surface area contributed by atoms with Crippen LogP contribution in [0.25, 0.3) is 10.3 Å².